The van der Waals surface area contributed by atoms with Crippen LogP contribution in [0.25, 0.3) is 0 Å². The lowest BCUT2D eigenvalue weighted by atomic mass is 10.2. The number of nitrogens with two attached hydrogens (primary N) is 1. The minimum Gasteiger partial charge on any atom is -0.383 e. The third-order valence-corrected chi connectivity index (χ3v) is 6.43. The number of anilines is 2. The molecular formula is C20H29ClN4O4S. The first-order chi connectivity index (χ1) is 13.9. The van der Waals surface area contributed by atoms with Gasteiger partial charge in [0.2, 0.25) is 0 Å². The molecule has 0 saturated heterocycles. The van der Waals surface area contributed by atoms with Crippen LogP contribution in [0.2, 0.25) is 5.02 Å². The van der Waals surface area contributed by atoms with Crippen molar-refractivity contribution in [3.8, 4) is 0 Å². The number of aromatic amines is 1. The Kier molecular flexibility index (Phi) is 7.76. The second-order valence-electron chi connectivity index (χ2n) is 8.11. The topological polar surface area (TPSA) is 118 Å². The van der Waals surface area contributed by atoms with Crippen LogP contribution in [0.3, 0.4) is 0 Å². The van der Waals surface area contributed by atoms with Crippen molar-refractivity contribution in [1.29, 1.82) is 0 Å². The summed E-state index contributed by atoms with van der Waals surface area (Å²) in [7, 11) is -3.60. The zero-order chi connectivity index (χ0) is 22.6. The van der Waals surface area contributed by atoms with E-state index in [-0.39, 0.29) is 40.5 Å². The number of nitrogens with one attached hydrogen (secondary N) is 1. The molecule has 0 amide bonds. The molecule has 10 heteroatoms. The van der Waals surface area contributed by atoms with Gasteiger partial charge in [-0.15, -0.1) is 0 Å². The van der Waals surface area contributed by atoms with Crippen LogP contribution in [0.5, 0.6) is 0 Å². The molecule has 0 unspecified atom stereocenters. The van der Waals surface area contributed by atoms with Gasteiger partial charge in [-0.05, 0) is 36.1 Å². The van der Waals surface area contributed by atoms with Crippen LogP contribution >= 0.6 is 11.6 Å². The average molecular weight is 457 g/mol. The number of hydrogen-bond donors (Lipinski definition) is 2. The third kappa shape index (κ3) is 5.89. The van der Waals surface area contributed by atoms with E-state index < -0.39 is 21.1 Å². The van der Waals surface area contributed by atoms with Gasteiger partial charge < -0.3 is 10.6 Å². The van der Waals surface area contributed by atoms with Crippen LogP contribution in [0, 0.1) is 11.8 Å². The Morgan fingerprint density at radius 3 is 2.23 bits per heavy atom. The molecule has 166 valence electrons. The van der Waals surface area contributed by atoms with Gasteiger partial charge in [0.1, 0.15) is 11.5 Å². The lowest BCUT2D eigenvalue weighted by Gasteiger charge is -2.28. The Morgan fingerprint density at radius 2 is 1.70 bits per heavy atom. The predicted octanol–water partition coefficient (Wildman–Crippen LogP) is 2.36. The van der Waals surface area contributed by atoms with Crippen molar-refractivity contribution in [3.05, 3.63) is 50.1 Å². The zero-order valence-corrected chi connectivity index (χ0v) is 19.3. The summed E-state index contributed by atoms with van der Waals surface area (Å²) < 4.78 is 26.8. The van der Waals surface area contributed by atoms with Crippen molar-refractivity contribution in [2.24, 2.45) is 11.8 Å². The van der Waals surface area contributed by atoms with Crippen LogP contribution in [0.1, 0.15) is 27.7 Å². The van der Waals surface area contributed by atoms with Gasteiger partial charge in [0.15, 0.2) is 9.84 Å². The Morgan fingerprint density at radius 1 is 1.10 bits per heavy atom. The van der Waals surface area contributed by atoms with Gasteiger partial charge in [0.05, 0.1) is 10.6 Å². The van der Waals surface area contributed by atoms with E-state index in [1.54, 1.807) is 4.90 Å². The minimum absolute atomic E-state index is 0.0435. The molecule has 2 aromatic rings. The van der Waals surface area contributed by atoms with E-state index in [9.17, 15) is 18.0 Å². The molecule has 0 saturated carbocycles. The van der Waals surface area contributed by atoms with E-state index in [2.05, 4.69) is 4.98 Å². The number of nitrogen functional groups attached to an aromatic ring is 1. The van der Waals surface area contributed by atoms with Crippen molar-refractivity contribution in [2.75, 3.05) is 29.5 Å². The molecule has 0 aliphatic heterocycles. The van der Waals surface area contributed by atoms with E-state index in [4.69, 9.17) is 17.3 Å². The number of rotatable bonds is 9. The quantitative estimate of drug-likeness (QED) is 0.598. The third-order valence-electron chi connectivity index (χ3n) is 4.47. The van der Waals surface area contributed by atoms with Gasteiger partial charge in [0.25, 0.3) is 5.56 Å². The normalized spacial score (nSPS) is 12.0. The highest BCUT2D eigenvalue weighted by molar-refractivity contribution is 7.91. The van der Waals surface area contributed by atoms with Crippen LogP contribution in [-0.4, -0.2) is 36.8 Å². The average Bonchev–Trinajstić information content (AvgIpc) is 2.62. The Bertz CT molecular complexity index is 1090. The molecule has 0 atom stereocenters. The zero-order valence-electron chi connectivity index (χ0n) is 17.7. The summed E-state index contributed by atoms with van der Waals surface area (Å²) in [4.78, 5) is 28.9. The molecule has 0 radical (unpaired) electrons. The van der Waals surface area contributed by atoms with Crippen molar-refractivity contribution in [1.82, 2.24) is 9.55 Å². The van der Waals surface area contributed by atoms with Crippen molar-refractivity contribution in [3.63, 3.8) is 0 Å². The van der Waals surface area contributed by atoms with Crippen LogP contribution < -0.4 is 21.9 Å². The van der Waals surface area contributed by atoms with E-state index >= 15 is 0 Å². The second kappa shape index (κ2) is 9.70. The number of aromatic nitrogens is 2. The molecular weight excluding hydrogens is 428 g/mol. The summed E-state index contributed by atoms with van der Waals surface area (Å²) in [6, 6.07) is 5.94. The number of H-pyrrole nitrogens is 1. The first-order valence-electron chi connectivity index (χ1n) is 9.78. The highest BCUT2D eigenvalue weighted by Gasteiger charge is 2.23. The SMILES string of the molecule is CC(C)CN(CCS(=O)(=O)c1ccc(Cl)cc1)c1c(N)n(CC(C)C)c(=O)[nH]c1=O. The Balaban J connectivity index is 2.42. The first-order valence-corrected chi connectivity index (χ1v) is 11.8. The maximum absolute atomic E-state index is 12.8. The summed E-state index contributed by atoms with van der Waals surface area (Å²) in [6.45, 7) is 8.57. The largest absolute Gasteiger partial charge is 0.383 e. The number of sulfone groups is 1. The predicted molar refractivity (Wildman–Crippen MR) is 121 cm³/mol. The van der Waals surface area contributed by atoms with Crippen molar-refractivity contribution < 1.29 is 8.42 Å². The monoisotopic (exact) mass is 456 g/mol. The summed E-state index contributed by atoms with van der Waals surface area (Å²) in [5, 5.41) is 0.446. The molecule has 0 aliphatic carbocycles. The molecule has 1 aromatic carbocycles. The fourth-order valence-corrected chi connectivity index (χ4v) is 4.53. The lowest BCUT2D eigenvalue weighted by Crippen LogP contribution is -2.41. The first kappa shape index (κ1) is 24.0. The number of halogens is 1. The smallest absolute Gasteiger partial charge is 0.330 e. The lowest BCUT2D eigenvalue weighted by molar-refractivity contribution is 0.506. The standard InChI is InChI=1S/C20H29ClN4O4S/c1-13(2)11-24(9-10-30(28,29)16-7-5-15(21)6-8-16)17-18(22)25(12-14(3)4)20(27)23-19(17)26/h5-8,13-14H,9-12,22H2,1-4H3,(H,23,26,27). The van der Waals surface area contributed by atoms with Crippen LogP contribution in [0.4, 0.5) is 11.5 Å². The fraction of sp³-hybridized carbons (Fsp3) is 0.500. The summed E-state index contributed by atoms with van der Waals surface area (Å²) >= 11 is 5.84. The molecule has 0 fully saturated rings. The van der Waals surface area contributed by atoms with Gasteiger partial charge in [-0.2, -0.15) is 0 Å². The molecule has 0 bridgehead atoms. The fourth-order valence-electron chi connectivity index (χ4n) is 3.15. The summed E-state index contributed by atoms with van der Waals surface area (Å²) in [5.41, 5.74) is 5.14. The molecule has 1 heterocycles. The van der Waals surface area contributed by atoms with Crippen LogP contribution in [-0.2, 0) is 16.4 Å². The van der Waals surface area contributed by atoms with Crippen molar-refractivity contribution in [2.45, 2.75) is 39.1 Å². The minimum atomic E-state index is -3.60. The Hall–Kier alpha value is -2.26. The van der Waals surface area contributed by atoms with Crippen molar-refractivity contribution >= 4 is 32.9 Å². The second-order valence-corrected chi connectivity index (χ2v) is 10.7. The van der Waals surface area contributed by atoms with Gasteiger partial charge >= 0.3 is 5.69 Å². The summed E-state index contributed by atoms with van der Waals surface area (Å²) in [6.07, 6.45) is 0. The highest BCUT2D eigenvalue weighted by Crippen LogP contribution is 2.21. The summed E-state index contributed by atoms with van der Waals surface area (Å²) in [5.74, 6) is 0.0888. The van der Waals surface area contributed by atoms with E-state index in [0.29, 0.717) is 18.1 Å². The Labute approximate surface area is 181 Å². The number of hydrogen-bond acceptors (Lipinski definition) is 6. The highest BCUT2D eigenvalue weighted by atomic mass is 35.5. The van der Waals surface area contributed by atoms with Gasteiger partial charge in [0, 0.05) is 24.7 Å². The molecule has 1 aromatic heterocycles. The number of nitrogens with zero attached hydrogens (tertiary/aromatic N) is 2. The molecule has 3 N–H and O–H groups in total. The van der Waals surface area contributed by atoms with Gasteiger partial charge in [-0.1, -0.05) is 39.3 Å². The maximum atomic E-state index is 12.8. The molecule has 0 aliphatic rings. The van der Waals surface area contributed by atoms with E-state index in [1.165, 1.54) is 28.8 Å². The van der Waals surface area contributed by atoms with E-state index in [0.717, 1.165) is 0 Å². The molecule has 30 heavy (non-hydrogen) atoms. The molecule has 2 rings (SSSR count). The molecule has 0 spiro atoms. The van der Waals surface area contributed by atoms with Gasteiger partial charge in [-0.3, -0.25) is 14.3 Å². The van der Waals surface area contributed by atoms with Crippen LogP contribution in [0.15, 0.2) is 38.8 Å². The van der Waals surface area contributed by atoms with E-state index in [1.807, 2.05) is 27.7 Å². The number of benzene rings is 1. The maximum Gasteiger partial charge on any atom is 0.330 e. The molecule has 8 nitrogen and oxygen atoms in total. The van der Waals surface area contributed by atoms with Gasteiger partial charge in [-0.25, -0.2) is 13.2 Å².